The molecule has 2 fully saturated rings. The summed E-state index contributed by atoms with van der Waals surface area (Å²) < 4.78 is 4.91. The van der Waals surface area contributed by atoms with Crippen LogP contribution in [0.2, 0.25) is 0 Å². The summed E-state index contributed by atoms with van der Waals surface area (Å²) in [5.74, 6) is -0.702. The van der Waals surface area contributed by atoms with E-state index in [1.807, 2.05) is 5.32 Å². The van der Waals surface area contributed by atoms with E-state index in [1.54, 1.807) is 0 Å². The van der Waals surface area contributed by atoms with E-state index in [2.05, 4.69) is 16.0 Å². The summed E-state index contributed by atoms with van der Waals surface area (Å²) in [6, 6.07) is -1.24. The number of amides is 5. The summed E-state index contributed by atoms with van der Waals surface area (Å²) in [4.78, 5) is 33.3. The van der Waals surface area contributed by atoms with E-state index in [0.29, 0.717) is 0 Å². The first-order chi connectivity index (χ1) is 6.58. The summed E-state index contributed by atoms with van der Waals surface area (Å²) in [6.45, 7) is 0. The van der Waals surface area contributed by atoms with E-state index < -0.39 is 29.9 Å². The van der Waals surface area contributed by atoms with Crippen molar-refractivity contribution in [1.29, 1.82) is 0 Å². The number of carbonyl (C=O) groups is 3. The zero-order chi connectivity index (χ0) is 10.3. The maximum Gasteiger partial charge on any atom is 0.323 e. The molecular weight excluding hydrogens is 192 g/mol. The number of hydrogen-bond donors (Lipinski definition) is 4. The maximum absolute atomic E-state index is 11.4. The number of nitrogens with one attached hydrogen (secondary N) is 4. The van der Waals surface area contributed by atoms with Gasteiger partial charge in [0.1, 0.15) is 0 Å². The monoisotopic (exact) mass is 200 g/mol. The number of fused-ring (bicyclic) bond motifs is 1. The van der Waals surface area contributed by atoms with E-state index in [4.69, 9.17) is 4.74 Å². The lowest BCUT2D eigenvalue weighted by molar-refractivity contribution is -0.149. The summed E-state index contributed by atoms with van der Waals surface area (Å²) in [7, 11) is 1.26. The molecule has 2 atom stereocenters. The highest BCUT2D eigenvalue weighted by atomic mass is 16.5. The van der Waals surface area contributed by atoms with Crippen molar-refractivity contribution < 1.29 is 19.1 Å². The predicted molar refractivity (Wildman–Crippen MR) is 41.9 cm³/mol. The molecule has 2 aliphatic heterocycles. The van der Waals surface area contributed by atoms with Gasteiger partial charge in [0.15, 0.2) is 6.17 Å². The molecule has 14 heavy (non-hydrogen) atoms. The average Bonchev–Trinajstić information content (AvgIpc) is 2.42. The summed E-state index contributed by atoms with van der Waals surface area (Å²) in [5.41, 5.74) is -1.55. The highest BCUT2D eigenvalue weighted by Crippen LogP contribution is 2.18. The van der Waals surface area contributed by atoms with Gasteiger partial charge in [-0.05, 0) is 0 Å². The second-order valence-corrected chi connectivity index (χ2v) is 2.90. The minimum absolute atomic E-state index is 0.575. The Morgan fingerprint density at radius 3 is 2.50 bits per heavy atom. The van der Waals surface area contributed by atoms with Gasteiger partial charge in [-0.3, -0.25) is 15.4 Å². The lowest BCUT2D eigenvalue weighted by Gasteiger charge is -2.34. The predicted octanol–water partition coefficient (Wildman–Crippen LogP) is -2.19. The van der Waals surface area contributed by atoms with Crippen molar-refractivity contribution in [2.75, 3.05) is 7.11 Å². The molecule has 2 rings (SSSR count). The molecular formula is C6H8N4O4. The van der Waals surface area contributed by atoms with Gasteiger partial charge in [-0.15, -0.1) is 0 Å². The minimum Gasteiger partial charge on any atom is -0.347 e. The van der Waals surface area contributed by atoms with Gasteiger partial charge in [0, 0.05) is 7.11 Å². The van der Waals surface area contributed by atoms with Crippen molar-refractivity contribution in [2.45, 2.75) is 11.9 Å². The number of imide groups is 1. The van der Waals surface area contributed by atoms with E-state index in [1.165, 1.54) is 7.11 Å². The van der Waals surface area contributed by atoms with Crippen LogP contribution in [0, 0.1) is 0 Å². The molecule has 2 heterocycles. The van der Waals surface area contributed by atoms with Crippen molar-refractivity contribution >= 4 is 18.0 Å². The van der Waals surface area contributed by atoms with Crippen LogP contribution >= 0.6 is 0 Å². The molecule has 2 saturated heterocycles. The molecule has 2 unspecified atom stereocenters. The Morgan fingerprint density at radius 2 is 1.86 bits per heavy atom. The van der Waals surface area contributed by atoms with Crippen LogP contribution in [-0.2, 0) is 9.53 Å². The summed E-state index contributed by atoms with van der Waals surface area (Å²) in [5, 5.41) is 8.97. The van der Waals surface area contributed by atoms with E-state index in [0.717, 1.165) is 0 Å². The molecule has 0 radical (unpaired) electrons. The Kier molecular flexibility index (Phi) is 1.61. The van der Waals surface area contributed by atoms with Crippen molar-refractivity contribution in [3.63, 3.8) is 0 Å². The van der Waals surface area contributed by atoms with Crippen LogP contribution in [0.3, 0.4) is 0 Å². The minimum atomic E-state index is -1.55. The van der Waals surface area contributed by atoms with Crippen LogP contribution in [-0.4, -0.2) is 37.0 Å². The fourth-order valence-electron chi connectivity index (χ4n) is 1.46. The zero-order valence-corrected chi connectivity index (χ0v) is 7.21. The lowest BCUT2D eigenvalue weighted by Crippen LogP contribution is -2.73. The number of ether oxygens (including phenoxy) is 1. The van der Waals surface area contributed by atoms with E-state index in [9.17, 15) is 14.4 Å². The molecule has 0 spiro atoms. The van der Waals surface area contributed by atoms with Crippen molar-refractivity contribution in [2.24, 2.45) is 0 Å². The van der Waals surface area contributed by atoms with E-state index in [-0.39, 0.29) is 0 Å². The number of urea groups is 2. The molecule has 4 N–H and O–H groups in total. The molecule has 76 valence electrons. The fraction of sp³-hybridized carbons (Fsp3) is 0.500. The molecule has 0 saturated carbocycles. The Balaban J connectivity index is 2.36. The van der Waals surface area contributed by atoms with Crippen LogP contribution < -0.4 is 21.3 Å². The van der Waals surface area contributed by atoms with Gasteiger partial charge >= 0.3 is 12.1 Å². The van der Waals surface area contributed by atoms with Gasteiger partial charge in [-0.2, -0.15) is 0 Å². The van der Waals surface area contributed by atoms with Gasteiger partial charge < -0.3 is 15.4 Å². The van der Waals surface area contributed by atoms with Gasteiger partial charge in [0.25, 0.3) is 11.6 Å². The standard InChI is InChI=1S/C6H8N4O4/c1-14-6-2(8-5(13)10-6)7-4(12)9-3(6)11/h2H,1H3,(H2,8,10,13)(H2,7,9,11,12). The smallest absolute Gasteiger partial charge is 0.323 e. The Hall–Kier alpha value is -1.83. The lowest BCUT2D eigenvalue weighted by atomic mass is 10.1. The van der Waals surface area contributed by atoms with Crippen LogP contribution in [0.5, 0.6) is 0 Å². The Morgan fingerprint density at radius 1 is 1.21 bits per heavy atom. The van der Waals surface area contributed by atoms with Crippen LogP contribution in [0.4, 0.5) is 9.59 Å². The van der Waals surface area contributed by atoms with Gasteiger partial charge in [-0.1, -0.05) is 0 Å². The molecule has 8 nitrogen and oxygen atoms in total. The third-order valence-electron chi connectivity index (χ3n) is 2.14. The first kappa shape index (κ1) is 8.75. The van der Waals surface area contributed by atoms with Gasteiger partial charge in [-0.25, -0.2) is 9.59 Å². The largest absolute Gasteiger partial charge is 0.347 e. The molecule has 0 aromatic rings. The summed E-state index contributed by atoms with van der Waals surface area (Å²) in [6.07, 6.45) is -0.888. The first-order valence-corrected chi connectivity index (χ1v) is 3.84. The number of methoxy groups -OCH3 is 1. The molecule has 0 aromatic heterocycles. The normalized spacial score (nSPS) is 35.2. The highest BCUT2D eigenvalue weighted by molar-refractivity contribution is 6.05. The van der Waals surface area contributed by atoms with Crippen LogP contribution in [0.15, 0.2) is 0 Å². The quantitative estimate of drug-likeness (QED) is 0.385. The Labute approximate surface area is 78.3 Å². The maximum atomic E-state index is 11.4. The molecule has 5 amide bonds. The fourth-order valence-corrected chi connectivity index (χ4v) is 1.46. The van der Waals surface area contributed by atoms with Crippen molar-refractivity contribution in [3.8, 4) is 0 Å². The zero-order valence-electron chi connectivity index (χ0n) is 7.21. The molecule has 0 bridgehead atoms. The summed E-state index contributed by atoms with van der Waals surface area (Å²) >= 11 is 0. The SMILES string of the molecule is COC12NC(=O)NC1NC(=O)NC2=O. The molecule has 2 aliphatic rings. The first-order valence-electron chi connectivity index (χ1n) is 3.84. The van der Waals surface area contributed by atoms with Gasteiger partial charge in [0.05, 0.1) is 0 Å². The molecule has 0 aromatic carbocycles. The van der Waals surface area contributed by atoms with Crippen molar-refractivity contribution in [3.05, 3.63) is 0 Å². The number of rotatable bonds is 1. The number of carbonyl (C=O) groups excluding carboxylic acids is 3. The third-order valence-corrected chi connectivity index (χ3v) is 2.14. The average molecular weight is 200 g/mol. The van der Waals surface area contributed by atoms with Crippen LogP contribution in [0.25, 0.3) is 0 Å². The van der Waals surface area contributed by atoms with Crippen LogP contribution in [0.1, 0.15) is 0 Å². The highest BCUT2D eigenvalue weighted by Gasteiger charge is 2.57. The second-order valence-electron chi connectivity index (χ2n) is 2.90. The third kappa shape index (κ3) is 0.940. The topological polar surface area (TPSA) is 109 Å². The number of hydrogen-bond acceptors (Lipinski definition) is 4. The van der Waals surface area contributed by atoms with Gasteiger partial charge in [0.2, 0.25) is 0 Å². The van der Waals surface area contributed by atoms with Crippen molar-refractivity contribution in [1.82, 2.24) is 21.3 Å². The molecule has 8 heteroatoms. The Bertz CT molecular complexity index is 330. The van der Waals surface area contributed by atoms with E-state index >= 15 is 0 Å². The molecule has 0 aliphatic carbocycles. The second kappa shape index (κ2) is 2.58.